The minimum atomic E-state index is -0.778. The van der Waals surface area contributed by atoms with Crippen LogP contribution in [0.2, 0.25) is 0 Å². The molecule has 0 aromatic carbocycles. The van der Waals surface area contributed by atoms with Crippen molar-refractivity contribution in [2.45, 2.75) is 354 Å². The zero-order valence-corrected chi connectivity index (χ0v) is 51.9. The van der Waals surface area contributed by atoms with Gasteiger partial charge in [-0.1, -0.05) is 312 Å². The molecule has 0 aliphatic heterocycles. The molecule has 452 valence electrons. The van der Waals surface area contributed by atoms with E-state index < -0.39 is 6.10 Å². The van der Waals surface area contributed by atoms with E-state index >= 15 is 0 Å². The fraction of sp³-hybridized carbons (Fsp3) is 0.792. The Morgan fingerprint density at radius 2 is 0.500 bits per heavy atom. The molecule has 1 unspecified atom stereocenters. The summed E-state index contributed by atoms with van der Waals surface area (Å²) in [7, 11) is 0. The predicted octanol–water partition coefficient (Wildman–Crippen LogP) is 23.3. The number of rotatable bonds is 62. The maximum absolute atomic E-state index is 12.9. The van der Waals surface area contributed by atoms with Crippen molar-refractivity contribution in [3.63, 3.8) is 0 Å². The van der Waals surface area contributed by atoms with Crippen molar-refractivity contribution in [3.8, 4) is 0 Å². The average molecular weight is 1090 g/mol. The molecular formula is C72H128O6. The van der Waals surface area contributed by atoms with Crippen molar-refractivity contribution in [3.05, 3.63) is 72.9 Å². The number of carbonyl (C=O) groups excluding carboxylic acids is 3. The van der Waals surface area contributed by atoms with Crippen LogP contribution in [0, 0.1) is 0 Å². The molecule has 0 amide bonds. The van der Waals surface area contributed by atoms with E-state index in [-0.39, 0.29) is 31.1 Å². The molecule has 0 saturated heterocycles. The van der Waals surface area contributed by atoms with Crippen molar-refractivity contribution >= 4 is 17.9 Å². The second kappa shape index (κ2) is 66.4. The summed E-state index contributed by atoms with van der Waals surface area (Å²) in [6, 6.07) is 0. The quantitative estimate of drug-likeness (QED) is 0.0261. The van der Waals surface area contributed by atoms with Gasteiger partial charge in [0.05, 0.1) is 0 Å². The van der Waals surface area contributed by atoms with Crippen molar-refractivity contribution in [1.82, 2.24) is 0 Å². The third-order valence-corrected chi connectivity index (χ3v) is 14.9. The van der Waals surface area contributed by atoms with E-state index in [0.717, 1.165) is 96.3 Å². The van der Waals surface area contributed by atoms with E-state index in [1.807, 2.05) is 0 Å². The van der Waals surface area contributed by atoms with E-state index in [1.165, 1.54) is 212 Å². The van der Waals surface area contributed by atoms with Gasteiger partial charge in [0.1, 0.15) is 13.2 Å². The second-order valence-electron chi connectivity index (χ2n) is 22.7. The Morgan fingerprint density at radius 1 is 0.269 bits per heavy atom. The summed E-state index contributed by atoms with van der Waals surface area (Å²) in [6.07, 6.45) is 86.5. The Kier molecular flexibility index (Phi) is 63.7. The molecule has 0 aromatic rings. The summed E-state index contributed by atoms with van der Waals surface area (Å²) in [5.74, 6) is -0.870. The number of allylic oxidation sites excluding steroid dienone is 12. The summed E-state index contributed by atoms with van der Waals surface area (Å²) < 4.78 is 16.9. The van der Waals surface area contributed by atoms with Crippen LogP contribution in [0.4, 0.5) is 0 Å². The maximum Gasteiger partial charge on any atom is 0.306 e. The van der Waals surface area contributed by atoms with E-state index in [4.69, 9.17) is 14.2 Å². The molecule has 6 nitrogen and oxygen atoms in total. The largest absolute Gasteiger partial charge is 0.462 e. The Bertz CT molecular complexity index is 1440. The molecule has 6 heteroatoms. The molecule has 0 spiro atoms. The van der Waals surface area contributed by atoms with Gasteiger partial charge in [-0.2, -0.15) is 0 Å². The zero-order chi connectivity index (χ0) is 56.4. The van der Waals surface area contributed by atoms with E-state index in [2.05, 4.69) is 93.7 Å². The summed E-state index contributed by atoms with van der Waals surface area (Å²) >= 11 is 0. The van der Waals surface area contributed by atoms with Gasteiger partial charge in [-0.15, -0.1) is 0 Å². The Balaban J connectivity index is 4.09. The molecule has 0 aliphatic rings. The first kappa shape index (κ1) is 74.8. The normalized spacial score (nSPS) is 12.5. The monoisotopic (exact) mass is 1090 g/mol. The molecule has 0 fully saturated rings. The van der Waals surface area contributed by atoms with Crippen molar-refractivity contribution < 1.29 is 28.6 Å². The van der Waals surface area contributed by atoms with Crippen molar-refractivity contribution in [2.24, 2.45) is 0 Å². The summed E-state index contributed by atoms with van der Waals surface area (Å²) in [5.41, 5.74) is 0. The number of unbranched alkanes of at least 4 members (excludes halogenated alkanes) is 39. The minimum absolute atomic E-state index is 0.0751. The third-order valence-electron chi connectivity index (χ3n) is 14.9. The average Bonchev–Trinajstić information content (AvgIpc) is 3.44. The van der Waals surface area contributed by atoms with Gasteiger partial charge in [0.25, 0.3) is 0 Å². The third kappa shape index (κ3) is 63.7. The van der Waals surface area contributed by atoms with E-state index in [0.29, 0.717) is 19.3 Å². The fourth-order valence-electron chi connectivity index (χ4n) is 9.88. The van der Waals surface area contributed by atoms with Gasteiger partial charge in [0, 0.05) is 19.3 Å². The van der Waals surface area contributed by atoms with Crippen LogP contribution in [-0.2, 0) is 28.6 Å². The number of esters is 3. The molecule has 0 N–H and O–H groups in total. The second-order valence-corrected chi connectivity index (χ2v) is 22.7. The van der Waals surface area contributed by atoms with Crippen LogP contribution >= 0.6 is 0 Å². The Morgan fingerprint density at radius 3 is 0.782 bits per heavy atom. The van der Waals surface area contributed by atoms with E-state index in [9.17, 15) is 14.4 Å². The van der Waals surface area contributed by atoms with Crippen LogP contribution in [0.3, 0.4) is 0 Å². The lowest BCUT2D eigenvalue weighted by molar-refractivity contribution is -0.167. The minimum Gasteiger partial charge on any atom is -0.462 e. The zero-order valence-electron chi connectivity index (χ0n) is 51.9. The molecular weight excluding hydrogens is 961 g/mol. The first-order valence-corrected chi connectivity index (χ1v) is 33.9. The SMILES string of the molecule is CC/C=C\C/C=C\C/C=C\CCCCCCCCCC(=O)OC(COC(=O)CCCCCCCCCCCC)COC(=O)CCCCCCCCCCCCCCCCCCCC/C=C\C/C=C\C/C=C\CCCCCCC. The summed E-state index contributed by atoms with van der Waals surface area (Å²) in [4.78, 5) is 38.2. The van der Waals surface area contributed by atoms with Crippen LogP contribution in [0.1, 0.15) is 348 Å². The number of hydrogen-bond acceptors (Lipinski definition) is 6. The van der Waals surface area contributed by atoms with Crippen molar-refractivity contribution in [2.75, 3.05) is 13.2 Å². The van der Waals surface area contributed by atoms with Gasteiger partial charge < -0.3 is 14.2 Å². The van der Waals surface area contributed by atoms with Crippen LogP contribution < -0.4 is 0 Å². The topological polar surface area (TPSA) is 78.9 Å². The number of carbonyl (C=O) groups is 3. The molecule has 0 radical (unpaired) electrons. The van der Waals surface area contributed by atoms with Gasteiger partial charge >= 0.3 is 17.9 Å². The standard InChI is InChI=1S/C72H128O6/c1-4-7-10-13-16-19-22-24-26-28-29-30-31-32-33-34-35-36-37-38-39-40-41-42-43-45-46-48-50-53-56-59-62-65-71(74)77-68-69(67-76-70(73)64-61-58-55-52-21-18-15-12-9-6-3)78-72(75)66-63-60-57-54-51-49-47-44-27-25-23-20-17-14-11-8-5-2/h8,11,17,20,22,24-25,27-29,31-32,69H,4-7,9-10,12-16,18-19,21,23,26,30,33-68H2,1-3H3/b11-8-,20-17-,24-22-,27-25-,29-28-,32-31-. The van der Waals surface area contributed by atoms with Gasteiger partial charge in [-0.3, -0.25) is 14.4 Å². The lowest BCUT2D eigenvalue weighted by Crippen LogP contribution is -2.30. The van der Waals surface area contributed by atoms with Gasteiger partial charge in [0.15, 0.2) is 6.10 Å². The van der Waals surface area contributed by atoms with Gasteiger partial charge in [0.2, 0.25) is 0 Å². The van der Waals surface area contributed by atoms with Gasteiger partial charge in [-0.25, -0.2) is 0 Å². The molecule has 1 atom stereocenters. The molecule has 0 saturated carbocycles. The first-order valence-electron chi connectivity index (χ1n) is 33.9. The predicted molar refractivity (Wildman–Crippen MR) is 339 cm³/mol. The highest BCUT2D eigenvalue weighted by atomic mass is 16.6. The highest BCUT2D eigenvalue weighted by Crippen LogP contribution is 2.17. The summed E-state index contributed by atoms with van der Waals surface area (Å²) in [5, 5.41) is 0. The fourth-order valence-corrected chi connectivity index (χ4v) is 9.88. The van der Waals surface area contributed by atoms with Gasteiger partial charge in [-0.05, 0) is 89.9 Å². The van der Waals surface area contributed by atoms with Crippen LogP contribution in [0.5, 0.6) is 0 Å². The molecule has 0 rings (SSSR count). The van der Waals surface area contributed by atoms with Crippen LogP contribution in [0.15, 0.2) is 72.9 Å². The highest BCUT2D eigenvalue weighted by Gasteiger charge is 2.19. The molecule has 0 heterocycles. The lowest BCUT2D eigenvalue weighted by Gasteiger charge is -2.18. The summed E-state index contributed by atoms with van der Waals surface area (Å²) in [6.45, 7) is 6.54. The van der Waals surface area contributed by atoms with Crippen LogP contribution in [0.25, 0.3) is 0 Å². The first-order chi connectivity index (χ1) is 38.5. The smallest absolute Gasteiger partial charge is 0.306 e. The Hall–Kier alpha value is -3.15. The number of hydrogen-bond donors (Lipinski definition) is 0. The Labute approximate surface area is 484 Å². The molecule has 78 heavy (non-hydrogen) atoms. The molecule has 0 bridgehead atoms. The van der Waals surface area contributed by atoms with Crippen molar-refractivity contribution in [1.29, 1.82) is 0 Å². The van der Waals surface area contributed by atoms with Crippen LogP contribution in [-0.4, -0.2) is 37.2 Å². The molecule has 0 aromatic heterocycles. The lowest BCUT2D eigenvalue weighted by atomic mass is 10.0. The number of ether oxygens (including phenoxy) is 3. The maximum atomic E-state index is 12.9. The highest BCUT2D eigenvalue weighted by molar-refractivity contribution is 5.71. The molecule has 0 aliphatic carbocycles. The van der Waals surface area contributed by atoms with E-state index in [1.54, 1.807) is 0 Å².